The summed E-state index contributed by atoms with van der Waals surface area (Å²) < 4.78 is 6.88. The van der Waals surface area contributed by atoms with Gasteiger partial charge in [0.15, 0.2) is 0 Å². The SMILES string of the molecule is CC(c1ccccc1)N1C(c2ccccc2)OC(c2ccccc2)C1c1ccccc1. The minimum Gasteiger partial charge on any atom is -0.349 e. The van der Waals surface area contributed by atoms with E-state index in [-0.39, 0.29) is 24.4 Å². The van der Waals surface area contributed by atoms with E-state index >= 15 is 0 Å². The van der Waals surface area contributed by atoms with Crippen molar-refractivity contribution in [3.63, 3.8) is 0 Å². The van der Waals surface area contributed by atoms with Crippen LogP contribution in [-0.4, -0.2) is 4.90 Å². The van der Waals surface area contributed by atoms with Crippen LogP contribution in [0.3, 0.4) is 0 Å². The Morgan fingerprint density at radius 1 is 0.581 bits per heavy atom. The first-order valence-electron chi connectivity index (χ1n) is 11.0. The van der Waals surface area contributed by atoms with Crippen LogP contribution in [0.25, 0.3) is 0 Å². The van der Waals surface area contributed by atoms with E-state index in [9.17, 15) is 0 Å². The lowest BCUT2D eigenvalue weighted by Gasteiger charge is -2.35. The maximum Gasteiger partial charge on any atom is 0.138 e. The van der Waals surface area contributed by atoms with E-state index in [1.807, 2.05) is 0 Å². The largest absolute Gasteiger partial charge is 0.349 e. The molecule has 5 rings (SSSR count). The predicted molar refractivity (Wildman–Crippen MR) is 125 cm³/mol. The number of rotatable bonds is 5. The van der Waals surface area contributed by atoms with E-state index in [4.69, 9.17) is 4.74 Å². The minimum atomic E-state index is -0.133. The molecule has 4 aromatic rings. The third-order valence-corrected chi connectivity index (χ3v) is 6.24. The van der Waals surface area contributed by atoms with Gasteiger partial charge in [0, 0.05) is 6.04 Å². The van der Waals surface area contributed by atoms with E-state index in [0.29, 0.717) is 0 Å². The summed E-state index contributed by atoms with van der Waals surface area (Å²) in [5.74, 6) is 0. The Hall–Kier alpha value is -3.20. The van der Waals surface area contributed by atoms with E-state index in [0.717, 1.165) is 0 Å². The lowest BCUT2D eigenvalue weighted by atomic mass is 9.93. The van der Waals surface area contributed by atoms with E-state index in [1.165, 1.54) is 22.3 Å². The molecule has 0 radical (unpaired) electrons. The quantitative estimate of drug-likeness (QED) is 0.346. The molecular formula is C29H27NO. The molecule has 4 unspecified atom stereocenters. The van der Waals surface area contributed by atoms with E-state index < -0.39 is 0 Å². The molecule has 4 aromatic carbocycles. The molecule has 0 amide bonds. The van der Waals surface area contributed by atoms with Crippen LogP contribution in [0.4, 0.5) is 0 Å². The highest BCUT2D eigenvalue weighted by Gasteiger charge is 2.46. The van der Waals surface area contributed by atoms with Gasteiger partial charge in [-0.1, -0.05) is 121 Å². The van der Waals surface area contributed by atoms with Gasteiger partial charge in [0.05, 0.1) is 6.04 Å². The summed E-state index contributed by atoms with van der Waals surface area (Å²) in [6, 6.07) is 43.0. The second-order valence-electron chi connectivity index (χ2n) is 8.12. The van der Waals surface area contributed by atoms with Gasteiger partial charge >= 0.3 is 0 Å². The third kappa shape index (κ3) is 3.93. The smallest absolute Gasteiger partial charge is 0.138 e. The Labute approximate surface area is 184 Å². The van der Waals surface area contributed by atoms with Gasteiger partial charge in [-0.15, -0.1) is 0 Å². The highest BCUT2D eigenvalue weighted by Crippen LogP contribution is 2.53. The molecule has 0 bridgehead atoms. The highest BCUT2D eigenvalue weighted by molar-refractivity contribution is 5.32. The second-order valence-corrected chi connectivity index (χ2v) is 8.12. The van der Waals surface area contributed by atoms with Crippen molar-refractivity contribution in [3.8, 4) is 0 Å². The summed E-state index contributed by atoms with van der Waals surface area (Å²) in [5.41, 5.74) is 4.96. The normalized spacial score (nSPS) is 22.3. The zero-order chi connectivity index (χ0) is 21.0. The van der Waals surface area contributed by atoms with Gasteiger partial charge in [-0.3, -0.25) is 4.90 Å². The first-order chi connectivity index (χ1) is 15.3. The number of benzene rings is 4. The summed E-state index contributed by atoms with van der Waals surface area (Å²) in [6.45, 7) is 2.29. The minimum absolute atomic E-state index is 0.0556. The molecule has 4 atom stereocenters. The fourth-order valence-corrected chi connectivity index (χ4v) is 4.70. The molecule has 154 valence electrons. The Morgan fingerprint density at radius 2 is 1.03 bits per heavy atom. The first-order valence-corrected chi connectivity index (χ1v) is 11.0. The second kappa shape index (κ2) is 8.89. The summed E-state index contributed by atoms with van der Waals surface area (Å²) >= 11 is 0. The van der Waals surface area contributed by atoms with Crippen LogP contribution in [0.5, 0.6) is 0 Å². The molecule has 1 fully saturated rings. The number of hydrogen-bond acceptors (Lipinski definition) is 2. The molecule has 0 saturated carbocycles. The zero-order valence-corrected chi connectivity index (χ0v) is 17.7. The van der Waals surface area contributed by atoms with Gasteiger partial charge in [0.25, 0.3) is 0 Å². The lowest BCUT2D eigenvalue weighted by Crippen LogP contribution is -2.30. The summed E-state index contributed by atoms with van der Waals surface area (Å²) in [7, 11) is 0. The molecule has 0 N–H and O–H groups in total. The van der Waals surface area contributed by atoms with Crippen LogP contribution in [0.1, 0.15) is 53.6 Å². The number of hydrogen-bond donors (Lipinski definition) is 0. The average Bonchev–Trinajstić information content (AvgIpc) is 3.26. The predicted octanol–water partition coefficient (Wildman–Crippen LogP) is 7.26. The molecule has 2 heteroatoms. The Bertz CT molecular complexity index is 1080. The van der Waals surface area contributed by atoms with Gasteiger partial charge in [-0.2, -0.15) is 0 Å². The molecule has 1 heterocycles. The monoisotopic (exact) mass is 405 g/mol. The van der Waals surface area contributed by atoms with Crippen molar-refractivity contribution in [1.29, 1.82) is 0 Å². The van der Waals surface area contributed by atoms with Crippen molar-refractivity contribution in [2.24, 2.45) is 0 Å². The van der Waals surface area contributed by atoms with Crippen molar-refractivity contribution in [3.05, 3.63) is 144 Å². The molecular weight excluding hydrogens is 378 g/mol. The van der Waals surface area contributed by atoms with Gasteiger partial charge in [0.2, 0.25) is 0 Å². The molecule has 1 aliphatic rings. The topological polar surface area (TPSA) is 12.5 Å². The van der Waals surface area contributed by atoms with Crippen molar-refractivity contribution in [1.82, 2.24) is 4.90 Å². The summed E-state index contributed by atoms with van der Waals surface area (Å²) in [6.07, 6.45) is -0.188. The molecule has 31 heavy (non-hydrogen) atoms. The Morgan fingerprint density at radius 3 is 1.58 bits per heavy atom. The molecule has 1 saturated heterocycles. The average molecular weight is 406 g/mol. The van der Waals surface area contributed by atoms with E-state index in [2.05, 4.69) is 133 Å². The molecule has 1 aliphatic heterocycles. The van der Waals surface area contributed by atoms with Crippen LogP contribution >= 0.6 is 0 Å². The van der Waals surface area contributed by atoms with Crippen LogP contribution < -0.4 is 0 Å². The first kappa shape index (κ1) is 19.7. The van der Waals surface area contributed by atoms with Crippen LogP contribution in [0.2, 0.25) is 0 Å². The maximum absolute atomic E-state index is 6.88. The van der Waals surface area contributed by atoms with Gasteiger partial charge in [-0.05, 0) is 29.2 Å². The Balaban J connectivity index is 1.66. The molecule has 2 nitrogen and oxygen atoms in total. The van der Waals surface area contributed by atoms with Gasteiger partial charge in [-0.25, -0.2) is 0 Å². The van der Waals surface area contributed by atoms with Crippen molar-refractivity contribution in [2.75, 3.05) is 0 Å². The highest BCUT2D eigenvalue weighted by atomic mass is 16.5. The standard InChI is InChI=1S/C29H27NO/c1-22(23-14-6-2-7-15-23)30-27(24-16-8-3-9-17-24)28(25-18-10-4-11-19-25)31-29(30)26-20-12-5-13-21-26/h2-22,27-29H,1H3. The maximum atomic E-state index is 6.88. The lowest BCUT2D eigenvalue weighted by molar-refractivity contribution is -0.0157. The third-order valence-electron chi connectivity index (χ3n) is 6.24. The fourth-order valence-electron chi connectivity index (χ4n) is 4.70. The van der Waals surface area contributed by atoms with Gasteiger partial charge < -0.3 is 4.74 Å². The van der Waals surface area contributed by atoms with Crippen LogP contribution in [-0.2, 0) is 4.74 Å². The van der Waals surface area contributed by atoms with Crippen molar-refractivity contribution < 1.29 is 4.74 Å². The molecule has 0 aliphatic carbocycles. The molecule has 0 spiro atoms. The number of nitrogens with zero attached hydrogens (tertiary/aromatic N) is 1. The Kier molecular flexibility index (Phi) is 5.66. The van der Waals surface area contributed by atoms with Crippen LogP contribution in [0.15, 0.2) is 121 Å². The zero-order valence-electron chi connectivity index (χ0n) is 17.7. The summed E-state index contributed by atoms with van der Waals surface area (Å²) in [5, 5.41) is 0. The van der Waals surface area contributed by atoms with Crippen molar-refractivity contribution in [2.45, 2.75) is 31.3 Å². The number of ether oxygens (including phenoxy) is 1. The van der Waals surface area contributed by atoms with Crippen LogP contribution in [0, 0.1) is 0 Å². The molecule has 0 aromatic heterocycles. The van der Waals surface area contributed by atoms with E-state index in [1.54, 1.807) is 0 Å². The van der Waals surface area contributed by atoms with Gasteiger partial charge in [0.1, 0.15) is 12.3 Å². The van der Waals surface area contributed by atoms with Crippen molar-refractivity contribution >= 4 is 0 Å². The fraction of sp³-hybridized carbons (Fsp3) is 0.172. The summed E-state index contributed by atoms with van der Waals surface area (Å²) in [4.78, 5) is 2.54.